The van der Waals surface area contributed by atoms with Crippen molar-refractivity contribution in [2.45, 2.75) is 47.1 Å². The van der Waals surface area contributed by atoms with Crippen LogP contribution >= 0.6 is 11.3 Å². The summed E-state index contributed by atoms with van der Waals surface area (Å²) in [6.07, 6.45) is 0.825. The Hall–Kier alpha value is -2.28. The van der Waals surface area contributed by atoms with E-state index in [0.29, 0.717) is 16.6 Å². The summed E-state index contributed by atoms with van der Waals surface area (Å²) in [4.78, 5) is 25.1. The van der Waals surface area contributed by atoms with Crippen LogP contribution in [0.3, 0.4) is 0 Å². The lowest BCUT2D eigenvalue weighted by molar-refractivity contribution is -0.118. The van der Waals surface area contributed by atoms with Crippen LogP contribution in [-0.2, 0) is 11.2 Å². The Balaban J connectivity index is 2.05. The number of nitrogens with zero attached hydrogens (tertiary/aromatic N) is 2. The van der Waals surface area contributed by atoms with Gasteiger partial charge in [0.2, 0.25) is 11.0 Å². The van der Waals surface area contributed by atoms with Crippen molar-refractivity contribution in [3.05, 3.63) is 40.4 Å². The molecule has 0 radical (unpaired) electrons. The largest absolute Gasteiger partial charge is 0.340 e. The molecule has 26 heavy (non-hydrogen) atoms. The highest BCUT2D eigenvalue weighted by Crippen LogP contribution is 2.19. The van der Waals surface area contributed by atoms with Gasteiger partial charge in [-0.15, -0.1) is 10.2 Å². The summed E-state index contributed by atoms with van der Waals surface area (Å²) >= 11 is 1.37. The van der Waals surface area contributed by atoms with Crippen LogP contribution in [-0.4, -0.2) is 28.1 Å². The van der Waals surface area contributed by atoms with Gasteiger partial charge in [0.05, 0.1) is 0 Å². The second kappa shape index (κ2) is 8.89. The fourth-order valence-corrected chi connectivity index (χ4v) is 3.42. The van der Waals surface area contributed by atoms with Gasteiger partial charge in [-0.2, -0.15) is 0 Å². The number of hydrogen-bond acceptors (Lipinski definition) is 5. The van der Waals surface area contributed by atoms with E-state index < -0.39 is 6.04 Å². The number of amides is 2. The molecule has 140 valence electrons. The number of anilines is 1. The number of rotatable bonds is 7. The molecule has 1 atom stereocenters. The number of aromatic nitrogens is 2. The van der Waals surface area contributed by atoms with Crippen molar-refractivity contribution in [2.75, 3.05) is 5.32 Å². The Bertz CT molecular complexity index is 770. The number of hydrogen-bond donors (Lipinski definition) is 2. The first-order chi connectivity index (χ1) is 12.3. The number of benzene rings is 1. The standard InChI is InChI=1S/C19H26N4O2S/c1-11(2)9-15-22-23-19(26-15)21-18(25)16(12(3)4)20-17(24)14-8-6-7-13(5)10-14/h6-8,10-12,16H,9H2,1-5H3,(H,20,24)(H,21,23,25). The lowest BCUT2D eigenvalue weighted by Crippen LogP contribution is -2.47. The molecule has 1 heterocycles. The van der Waals surface area contributed by atoms with Gasteiger partial charge in [0.15, 0.2) is 0 Å². The topological polar surface area (TPSA) is 84.0 Å². The van der Waals surface area contributed by atoms with Crippen LogP contribution in [0.2, 0.25) is 0 Å². The molecule has 0 saturated carbocycles. The fourth-order valence-electron chi connectivity index (χ4n) is 2.46. The molecule has 0 bridgehead atoms. The Morgan fingerprint density at radius 2 is 1.88 bits per heavy atom. The minimum absolute atomic E-state index is 0.0631. The van der Waals surface area contributed by atoms with Crippen molar-refractivity contribution in [1.29, 1.82) is 0 Å². The predicted molar refractivity (Wildman–Crippen MR) is 104 cm³/mol. The number of aryl methyl sites for hydroxylation is 1. The molecule has 0 aliphatic heterocycles. The summed E-state index contributed by atoms with van der Waals surface area (Å²) in [5.41, 5.74) is 1.54. The van der Waals surface area contributed by atoms with E-state index in [-0.39, 0.29) is 17.7 Å². The molecule has 1 aromatic heterocycles. The van der Waals surface area contributed by atoms with E-state index in [1.807, 2.05) is 32.9 Å². The van der Waals surface area contributed by atoms with Gasteiger partial charge in [0, 0.05) is 12.0 Å². The van der Waals surface area contributed by atoms with Gasteiger partial charge in [-0.25, -0.2) is 0 Å². The Morgan fingerprint density at radius 3 is 2.50 bits per heavy atom. The lowest BCUT2D eigenvalue weighted by Gasteiger charge is -2.21. The summed E-state index contributed by atoms with van der Waals surface area (Å²) in [6.45, 7) is 9.92. The van der Waals surface area contributed by atoms with E-state index in [9.17, 15) is 9.59 Å². The second-order valence-electron chi connectivity index (χ2n) is 7.15. The maximum atomic E-state index is 12.6. The third kappa shape index (κ3) is 5.62. The Labute approximate surface area is 158 Å². The molecule has 0 saturated heterocycles. The zero-order chi connectivity index (χ0) is 19.3. The highest BCUT2D eigenvalue weighted by Gasteiger charge is 2.25. The Kier molecular flexibility index (Phi) is 6.85. The number of carbonyl (C=O) groups excluding carboxylic acids is 2. The van der Waals surface area contributed by atoms with Gasteiger partial charge < -0.3 is 5.32 Å². The van der Waals surface area contributed by atoms with E-state index in [4.69, 9.17) is 0 Å². The normalized spacial score (nSPS) is 12.3. The van der Waals surface area contributed by atoms with Gasteiger partial charge in [0.25, 0.3) is 5.91 Å². The molecule has 0 aliphatic rings. The van der Waals surface area contributed by atoms with Crippen LogP contribution in [0.5, 0.6) is 0 Å². The van der Waals surface area contributed by atoms with E-state index in [1.54, 1.807) is 12.1 Å². The lowest BCUT2D eigenvalue weighted by atomic mass is 10.0. The van der Waals surface area contributed by atoms with Crippen molar-refractivity contribution >= 4 is 28.3 Å². The molecule has 0 aliphatic carbocycles. The third-order valence-electron chi connectivity index (χ3n) is 3.80. The van der Waals surface area contributed by atoms with Crippen molar-refractivity contribution in [2.24, 2.45) is 11.8 Å². The monoisotopic (exact) mass is 374 g/mol. The maximum absolute atomic E-state index is 12.6. The molecule has 2 amide bonds. The summed E-state index contributed by atoms with van der Waals surface area (Å²) in [6, 6.07) is 6.63. The molecule has 2 aromatic rings. The predicted octanol–water partition coefficient (Wildman–Crippen LogP) is 3.44. The average Bonchev–Trinajstić information content (AvgIpc) is 2.97. The quantitative estimate of drug-likeness (QED) is 0.777. The van der Waals surface area contributed by atoms with E-state index in [0.717, 1.165) is 17.0 Å². The molecule has 2 rings (SSSR count). The first-order valence-corrected chi connectivity index (χ1v) is 9.58. The van der Waals surface area contributed by atoms with Crippen LogP contribution in [0.4, 0.5) is 5.13 Å². The summed E-state index contributed by atoms with van der Waals surface area (Å²) in [5.74, 6) is -0.135. The molecular weight excluding hydrogens is 348 g/mol. The van der Waals surface area contributed by atoms with Gasteiger partial charge in [0.1, 0.15) is 11.0 Å². The first-order valence-electron chi connectivity index (χ1n) is 8.77. The summed E-state index contributed by atoms with van der Waals surface area (Å²) in [5, 5.41) is 15.1. The highest BCUT2D eigenvalue weighted by molar-refractivity contribution is 7.15. The van der Waals surface area contributed by atoms with Crippen molar-refractivity contribution < 1.29 is 9.59 Å². The van der Waals surface area contributed by atoms with E-state index >= 15 is 0 Å². The maximum Gasteiger partial charge on any atom is 0.251 e. The van der Waals surface area contributed by atoms with E-state index in [2.05, 4.69) is 34.7 Å². The summed E-state index contributed by atoms with van der Waals surface area (Å²) in [7, 11) is 0. The summed E-state index contributed by atoms with van der Waals surface area (Å²) < 4.78 is 0. The average molecular weight is 375 g/mol. The molecule has 7 heteroatoms. The molecule has 1 aromatic carbocycles. The minimum atomic E-state index is -0.652. The smallest absolute Gasteiger partial charge is 0.251 e. The van der Waals surface area contributed by atoms with Crippen LogP contribution in [0, 0.1) is 18.8 Å². The molecule has 0 spiro atoms. The van der Waals surface area contributed by atoms with Crippen molar-refractivity contribution in [1.82, 2.24) is 15.5 Å². The zero-order valence-corrected chi connectivity index (χ0v) is 16.7. The van der Waals surface area contributed by atoms with Crippen molar-refractivity contribution in [3.8, 4) is 0 Å². The van der Waals surface area contributed by atoms with Crippen LogP contribution in [0.25, 0.3) is 0 Å². The van der Waals surface area contributed by atoms with Gasteiger partial charge >= 0.3 is 0 Å². The molecular formula is C19H26N4O2S. The van der Waals surface area contributed by atoms with Crippen LogP contribution < -0.4 is 10.6 Å². The van der Waals surface area contributed by atoms with Crippen molar-refractivity contribution in [3.63, 3.8) is 0 Å². The molecule has 0 fully saturated rings. The highest BCUT2D eigenvalue weighted by atomic mass is 32.1. The van der Waals surface area contributed by atoms with Gasteiger partial charge in [-0.05, 0) is 30.9 Å². The van der Waals surface area contributed by atoms with Gasteiger partial charge in [-0.3, -0.25) is 14.9 Å². The molecule has 1 unspecified atom stereocenters. The van der Waals surface area contributed by atoms with Crippen LogP contribution in [0.1, 0.15) is 48.6 Å². The Morgan fingerprint density at radius 1 is 1.15 bits per heavy atom. The van der Waals surface area contributed by atoms with Crippen LogP contribution in [0.15, 0.2) is 24.3 Å². The fraction of sp³-hybridized carbons (Fsp3) is 0.474. The number of carbonyl (C=O) groups is 2. The van der Waals surface area contributed by atoms with E-state index in [1.165, 1.54) is 11.3 Å². The molecule has 2 N–H and O–H groups in total. The zero-order valence-electron chi connectivity index (χ0n) is 15.9. The van der Waals surface area contributed by atoms with Gasteiger partial charge in [-0.1, -0.05) is 56.7 Å². The molecule has 6 nitrogen and oxygen atoms in total. The first kappa shape index (κ1) is 20.0. The third-order valence-corrected chi connectivity index (χ3v) is 4.66. The minimum Gasteiger partial charge on any atom is -0.340 e. The SMILES string of the molecule is Cc1cccc(C(=O)NC(C(=O)Nc2nnc(CC(C)C)s2)C(C)C)c1. The number of nitrogens with one attached hydrogen (secondary N) is 2. The second-order valence-corrected chi connectivity index (χ2v) is 8.21.